The molecule has 0 atom stereocenters. The molecule has 0 spiro atoms. The van der Waals surface area contributed by atoms with Crippen LogP contribution in [-0.2, 0) is 21.4 Å². The van der Waals surface area contributed by atoms with Crippen molar-refractivity contribution in [2.24, 2.45) is 0 Å². The third-order valence-electron chi connectivity index (χ3n) is 5.96. The number of aryl methyl sites for hydroxylation is 1. The predicted molar refractivity (Wildman–Crippen MR) is 130 cm³/mol. The molecule has 1 saturated heterocycles. The molecule has 1 aromatic heterocycles. The van der Waals surface area contributed by atoms with Crippen molar-refractivity contribution < 1.29 is 27.4 Å². The number of aromatic amines is 1. The summed E-state index contributed by atoms with van der Waals surface area (Å²) in [5.74, 6) is 0.877. The quantitative estimate of drug-likeness (QED) is 0.456. The average molecular weight is 505 g/mol. The number of carbonyl (C=O) groups excluding carboxylic acids is 1. The second-order valence-electron chi connectivity index (χ2n) is 8.08. The second kappa shape index (κ2) is 10.0. The smallest absolute Gasteiger partial charge is 0.326 e. The van der Waals surface area contributed by atoms with Crippen LogP contribution in [-0.4, -0.2) is 62.6 Å². The Bertz CT molecular complexity index is 1380. The summed E-state index contributed by atoms with van der Waals surface area (Å²) in [7, 11) is 0.847. The Morgan fingerprint density at radius 1 is 1.03 bits per heavy atom. The van der Waals surface area contributed by atoms with Crippen molar-refractivity contribution in [3.63, 3.8) is 0 Å². The summed E-state index contributed by atoms with van der Waals surface area (Å²) in [5.41, 5.74) is 0.958. The van der Waals surface area contributed by atoms with Crippen LogP contribution in [0.25, 0.3) is 11.0 Å². The molecule has 4 rings (SSSR count). The third kappa shape index (κ3) is 4.84. The van der Waals surface area contributed by atoms with E-state index >= 15 is 0 Å². The Balaban J connectivity index is 1.50. The number of amides is 1. The first-order valence-electron chi connectivity index (χ1n) is 11.1. The molecule has 12 heteroatoms. The van der Waals surface area contributed by atoms with E-state index in [4.69, 9.17) is 14.2 Å². The van der Waals surface area contributed by atoms with Gasteiger partial charge in [-0.15, -0.1) is 0 Å². The molecule has 1 aliphatic heterocycles. The van der Waals surface area contributed by atoms with Crippen LogP contribution < -0.4 is 25.2 Å². The normalized spacial score (nSPS) is 14.3. The summed E-state index contributed by atoms with van der Waals surface area (Å²) in [6.45, 7) is 1.10. The lowest BCUT2D eigenvalue weighted by Crippen LogP contribution is -2.27. The number of nitrogens with zero attached hydrogens (tertiary/aromatic N) is 2. The van der Waals surface area contributed by atoms with Gasteiger partial charge in [-0.1, -0.05) is 0 Å². The van der Waals surface area contributed by atoms with Gasteiger partial charge < -0.3 is 24.5 Å². The van der Waals surface area contributed by atoms with Gasteiger partial charge in [-0.2, -0.15) is 4.31 Å². The van der Waals surface area contributed by atoms with Crippen molar-refractivity contribution in [2.45, 2.75) is 30.7 Å². The van der Waals surface area contributed by atoms with Crippen molar-refractivity contribution in [2.75, 3.05) is 39.7 Å². The summed E-state index contributed by atoms with van der Waals surface area (Å²) < 4.78 is 44.4. The number of ether oxygens (including phenoxy) is 3. The Kier molecular flexibility index (Phi) is 7.03. The molecule has 0 radical (unpaired) electrons. The van der Waals surface area contributed by atoms with Crippen LogP contribution in [0.4, 0.5) is 5.69 Å². The summed E-state index contributed by atoms with van der Waals surface area (Å²) in [4.78, 5) is 28.0. The van der Waals surface area contributed by atoms with Gasteiger partial charge in [0.2, 0.25) is 21.7 Å². The molecule has 0 bridgehead atoms. The fourth-order valence-corrected chi connectivity index (χ4v) is 5.74. The van der Waals surface area contributed by atoms with E-state index in [1.165, 1.54) is 42.3 Å². The van der Waals surface area contributed by atoms with Gasteiger partial charge >= 0.3 is 5.69 Å². The molecule has 188 valence electrons. The fourth-order valence-electron chi connectivity index (χ4n) is 4.19. The van der Waals surface area contributed by atoms with Crippen molar-refractivity contribution in [1.29, 1.82) is 0 Å². The minimum absolute atomic E-state index is 0.0113. The molecular formula is C23H28N4O7S. The highest BCUT2D eigenvalue weighted by Crippen LogP contribution is 2.40. The first-order chi connectivity index (χ1) is 16.8. The molecule has 2 aromatic carbocycles. The molecule has 2 heterocycles. The molecule has 0 saturated carbocycles. The topological polar surface area (TPSA) is 132 Å². The highest BCUT2D eigenvalue weighted by molar-refractivity contribution is 7.89. The zero-order chi connectivity index (χ0) is 25.2. The van der Waals surface area contributed by atoms with E-state index in [2.05, 4.69) is 10.3 Å². The zero-order valence-electron chi connectivity index (χ0n) is 19.8. The van der Waals surface area contributed by atoms with E-state index in [0.717, 1.165) is 12.8 Å². The lowest BCUT2D eigenvalue weighted by atomic mass is 10.2. The number of hydrogen-bond acceptors (Lipinski definition) is 7. The average Bonchev–Trinajstić information content (AvgIpc) is 3.49. The van der Waals surface area contributed by atoms with Gasteiger partial charge in [0.25, 0.3) is 0 Å². The van der Waals surface area contributed by atoms with Crippen LogP contribution in [0.2, 0.25) is 0 Å². The van der Waals surface area contributed by atoms with Crippen molar-refractivity contribution >= 4 is 32.7 Å². The Morgan fingerprint density at radius 2 is 1.69 bits per heavy atom. The second-order valence-corrected chi connectivity index (χ2v) is 10.0. The Morgan fingerprint density at radius 3 is 2.29 bits per heavy atom. The van der Waals surface area contributed by atoms with E-state index in [1.54, 1.807) is 18.2 Å². The van der Waals surface area contributed by atoms with E-state index in [1.807, 2.05) is 0 Å². The number of sulfonamides is 1. The third-order valence-corrected chi connectivity index (χ3v) is 7.85. The highest BCUT2D eigenvalue weighted by Gasteiger charge is 2.27. The SMILES string of the molecule is COc1cc(NC(=O)CCn2c(=O)[nH]c3cc(S(=O)(=O)N4CCCC4)ccc32)cc(OC)c1OC. The van der Waals surface area contributed by atoms with Gasteiger partial charge in [0, 0.05) is 43.9 Å². The molecule has 11 nitrogen and oxygen atoms in total. The van der Waals surface area contributed by atoms with E-state index in [0.29, 0.717) is 47.1 Å². The van der Waals surface area contributed by atoms with Crippen LogP contribution in [0.1, 0.15) is 19.3 Å². The van der Waals surface area contributed by atoms with Crippen LogP contribution in [0.15, 0.2) is 40.0 Å². The number of methoxy groups -OCH3 is 3. The van der Waals surface area contributed by atoms with E-state index in [-0.39, 0.29) is 23.8 Å². The number of carbonyl (C=O) groups is 1. The number of rotatable bonds is 9. The predicted octanol–water partition coefficient (Wildman–Crippen LogP) is 2.17. The lowest BCUT2D eigenvalue weighted by molar-refractivity contribution is -0.116. The number of nitrogens with one attached hydrogen (secondary N) is 2. The lowest BCUT2D eigenvalue weighted by Gasteiger charge is -2.15. The van der Waals surface area contributed by atoms with Crippen LogP contribution in [0.5, 0.6) is 17.2 Å². The molecular weight excluding hydrogens is 476 g/mol. The summed E-state index contributed by atoms with van der Waals surface area (Å²) in [5, 5.41) is 2.77. The molecule has 2 N–H and O–H groups in total. The number of hydrogen-bond donors (Lipinski definition) is 2. The number of imidazole rings is 1. The fraction of sp³-hybridized carbons (Fsp3) is 0.391. The van der Waals surface area contributed by atoms with Crippen molar-refractivity contribution in [3.8, 4) is 17.2 Å². The summed E-state index contributed by atoms with van der Waals surface area (Å²) in [6.07, 6.45) is 1.69. The number of aromatic nitrogens is 2. The molecule has 1 fully saturated rings. The monoisotopic (exact) mass is 504 g/mol. The molecule has 0 aliphatic carbocycles. The Labute approximate surface area is 202 Å². The van der Waals surface area contributed by atoms with Crippen LogP contribution >= 0.6 is 0 Å². The van der Waals surface area contributed by atoms with E-state index < -0.39 is 15.7 Å². The first-order valence-corrected chi connectivity index (χ1v) is 12.5. The molecule has 0 unspecified atom stereocenters. The van der Waals surface area contributed by atoms with Crippen molar-refractivity contribution in [3.05, 3.63) is 40.8 Å². The van der Waals surface area contributed by atoms with Gasteiger partial charge in [-0.3, -0.25) is 9.36 Å². The summed E-state index contributed by atoms with van der Waals surface area (Å²) in [6, 6.07) is 7.78. The van der Waals surface area contributed by atoms with Crippen LogP contribution in [0, 0.1) is 0 Å². The minimum Gasteiger partial charge on any atom is -0.493 e. The maximum absolute atomic E-state index is 12.8. The van der Waals surface area contributed by atoms with Gasteiger partial charge in [-0.25, -0.2) is 13.2 Å². The maximum Gasteiger partial charge on any atom is 0.326 e. The maximum atomic E-state index is 12.8. The van der Waals surface area contributed by atoms with Gasteiger partial charge in [0.1, 0.15) is 0 Å². The number of anilines is 1. The zero-order valence-corrected chi connectivity index (χ0v) is 20.6. The van der Waals surface area contributed by atoms with Gasteiger partial charge in [0.05, 0.1) is 37.3 Å². The van der Waals surface area contributed by atoms with Crippen LogP contribution in [0.3, 0.4) is 0 Å². The summed E-state index contributed by atoms with van der Waals surface area (Å²) >= 11 is 0. The molecule has 1 aliphatic rings. The number of H-pyrrole nitrogens is 1. The molecule has 3 aromatic rings. The largest absolute Gasteiger partial charge is 0.493 e. The first kappa shape index (κ1) is 24.6. The van der Waals surface area contributed by atoms with Gasteiger partial charge in [0.15, 0.2) is 11.5 Å². The molecule has 1 amide bonds. The number of fused-ring (bicyclic) bond motifs is 1. The minimum atomic E-state index is -3.60. The van der Waals surface area contributed by atoms with Crippen molar-refractivity contribution in [1.82, 2.24) is 13.9 Å². The van der Waals surface area contributed by atoms with E-state index in [9.17, 15) is 18.0 Å². The van der Waals surface area contributed by atoms with Gasteiger partial charge in [-0.05, 0) is 31.0 Å². The Hall–Kier alpha value is -3.51. The number of benzene rings is 2. The highest BCUT2D eigenvalue weighted by atomic mass is 32.2. The molecule has 35 heavy (non-hydrogen) atoms. The standard InChI is InChI=1S/C23H28N4O7S/c1-32-19-12-15(13-20(33-2)22(19)34-3)24-21(28)8-11-27-18-7-6-16(14-17(18)25-23(27)29)35(30,31)26-9-4-5-10-26/h6-7,12-14H,4-5,8-11H2,1-3H3,(H,24,28)(H,25,29).